The summed E-state index contributed by atoms with van der Waals surface area (Å²) in [5.41, 5.74) is 5.31. The molecule has 21 heavy (non-hydrogen) atoms. The highest BCUT2D eigenvalue weighted by Crippen LogP contribution is 2.37. The van der Waals surface area contributed by atoms with E-state index in [4.69, 9.17) is 22.1 Å². The van der Waals surface area contributed by atoms with E-state index in [-0.39, 0.29) is 10.8 Å². The molecule has 1 aromatic carbocycles. The van der Waals surface area contributed by atoms with Crippen LogP contribution in [0.1, 0.15) is 12.5 Å². The summed E-state index contributed by atoms with van der Waals surface area (Å²) in [6, 6.07) is 3.38. The molecule has 0 aliphatic carbocycles. The topological polar surface area (TPSA) is 35.2 Å². The Morgan fingerprint density at radius 1 is 1.38 bits per heavy atom. The summed E-state index contributed by atoms with van der Waals surface area (Å²) in [7, 11) is 0. The molecule has 0 saturated carbocycles. The van der Waals surface area contributed by atoms with Gasteiger partial charge in [-0.2, -0.15) is 13.2 Å². The molecule has 0 fully saturated rings. The first-order valence-electron chi connectivity index (χ1n) is 6.02. The number of halogens is 4. The first kappa shape index (κ1) is 17.3. The Balaban J connectivity index is 2.96. The highest BCUT2D eigenvalue weighted by Gasteiger charge is 2.33. The second kappa shape index (κ2) is 7.33. The van der Waals surface area contributed by atoms with Gasteiger partial charge in [0.05, 0.1) is 10.6 Å². The Morgan fingerprint density at radius 2 is 2.05 bits per heavy atom. The third-order valence-electron chi connectivity index (χ3n) is 2.55. The highest BCUT2D eigenvalue weighted by molar-refractivity contribution is 6.31. The summed E-state index contributed by atoms with van der Waals surface area (Å²) in [5, 5.41) is -0.367. The van der Waals surface area contributed by atoms with Crippen LogP contribution in [0.2, 0.25) is 5.02 Å². The van der Waals surface area contributed by atoms with Gasteiger partial charge in [-0.1, -0.05) is 30.3 Å². The molecular weight excluding hydrogens is 303 g/mol. The minimum Gasteiger partial charge on any atom is -0.462 e. The Hall–Kier alpha value is -1.72. The van der Waals surface area contributed by atoms with Gasteiger partial charge in [-0.25, -0.2) is 0 Å². The van der Waals surface area contributed by atoms with Crippen molar-refractivity contribution < 1.29 is 17.9 Å². The van der Waals surface area contributed by atoms with Crippen LogP contribution in [0.5, 0.6) is 5.75 Å². The minimum atomic E-state index is -4.52. The molecular formula is C15H15ClF3NO. The molecule has 0 aromatic heterocycles. The van der Waals surface area contributed by atoms with Gasteiger partial charge in [0.2, 0.25) is 0 Å². The zero-order valence-electron chi connectivity index (χ0n) is 11.4. The monoisotopic (exact) mass is 317 g/mol. The molecule has 0 heterocycles. The Kier molecular flexibility index (Phi) is 6.05. The Morgan fingerprint density at radius 3 is 2.57 bits per heavy atom. The number of nitrogens with two attached hydrogens (primary N) is 1. The minimum absolute atomic E-state index is 0.0572. The maximum Gasteiger partial charge on any atom is 0.417 e. The summed E-state index contributed by atoms with van der Waals surface area (Å²) in [6.45, 7) is 5.52. The molecule has 1 aromatic rings. The van der Waals surface area contributed by atoms with E-state index in [2.05, 4.69) is 6.58 Å². The zero-order valence-corrected chi connectivity index (χ0v) is 12.1. The number of hydrogen-bond acceptors (Lipinski definition) is 2. The summed E-state index contributed by atoms with van der Waals surface area (Å²) in [6.07, 6.45) is 0.353. The van der Waals surface area contributed by atoms with Crippen molar-refractivity contribution in [2.75, 3.05) is 6.54 Å². The van der Waals surface area contributed by atoms with E-state index < -0.39 is 11.7 Å². The maximum atomic E-state index is 12.7. The van der Waals surface area contributed by atoms with Crippen molar-refractivity contribution in [1.82, 2.24) is 0 Å². The van der Waals surface area contributed by atoms with Crippen LogP contribution in [-0.2, 0) is 6.18 Å². The number of benzene rings is 1. The average Bonchev–Trinajstić information content (AvgIpc) is 2.41. The van der Waals surface area contributed by atoms with Crippen LogP contribution in [0.25, 0.3) is 0 Å². The normalized spacial score (nSPS) is 13.2. The molecule has 0 aliphatic rings. The van der Waals surface area contributed by atoms with E-state index in [1.807, 2.05) is 0 Å². The van der Waals surface area contributed by atoms with Gasteiger partial charge in [0, 0.05) is 6.54 Å². The Bertz CT molecular complexity index is 577. The third-order valence-corrected chi connectivity index (χ3v) is 2.88. The van der Waals surface area contributed by atoms with Crippen molar-refractivity contribution in [3.8, 4) is 5.75 Å². The van der Waals surface area contributed by atoms with Crippen molar-refractivity contribution in [2.45, 2.75) is 13.1 Å². The van der Waals surface area contributed by atoms with Crippen LogP contribution in [0, 0.1) is 0 Å². The molecule has 0 radical (unpaired) electrons. The standard InChI is InChI=1S/C15H15ClF3NO/c1-3-11(9-20)5-4-10(2)21-12-6-7-14(16)13(8-12)15(17,18)19/h3-8H,1,9,20H2,2H3. The lowest BCUT2D eigenvalue weighted by Gasteiger charge is -2.11. The van der Waals surface area contributed by atoms with Gasteiger partial charge < -0.3 is 10.5 Å². The van der Waals surface area contributed by atoms with E-state index >= 15 is 0 Å². The largest absolute Gasteiger partial charge is 0.462 e. The van der Waals surface area contributed by atoms with E-state index in [1.54, 1.807) is 25.2 Å². The van der Waals surface area contributed by atoms with E-state index in [0.717, 1.165) is 17.7 Å². The lowest BCUT2D eigenvalue weighted by atomic mass is 10.2. The molecule has 0 saturated heterocycles. The van der Waals surface area contributed by atoms with Crippen molar-refractivity contribution in [2.24, 2.45) is 5.73 Å². The lowest BCUT2D eigenvalue weighted by Crippen LogP contribution is -2.06. The van der Waals surface area contributed by atoms with Crippen LogP contribution >= 0.6 is 11.6 Å². The van der Waals surface area contributed by atoms with Crippen molar-refractivity contribution in [3.05, 3.63) is 64.9 Å². The van der Waals surface area contributed by atoms with Crippen LogP contribution in [0.15, 0.2) is 54.3 Å². The number of allylic oxidation sites excluding steroid dienone is 3. The van der Waals surface area contributed by atoms with Gasteiger partial charge in [0.25, 0.3) is 0 Å². The van der Waals surface area contributed by atoms with Gasteiger partial charge >= 0.3 is 6.18 Å². The van der Waals surface area contributed by atoms with Gasteiger partial charge in [0.15, 0.2) is 0 Å². The van der Waals surface area contributed by atoms with Gasteiger partial charge in [-0.3, -0.25) is 0 Å². The quantitative estimate of drug-likeness (QED) is 0.630. The highest BCUT2D eigenvalue weighted by atomic mass is 35.5. The predicted octanol–water partition coefficient (Wildman–Crippen LogP) is 4.71. The second-order valence-electron chi connectivity index (χ2n) is 4.17. The van der Waals surface area contributed by atoms with Crippen molar-refractivity contribution >= 4 is 11.6 Å². The van der Waals surface area contributed by atoms with Gasteiger partial charge in [0.1, 0.15) is 11.5 Å². The summed E-state index contributed by atoms with van der Waals surface area (Å²) < 4.78 is 43.5. The van der Waals surface area contributed by atoms with Crippen LogP contribution < -0.4 is 10.5 Å². The predicted molar refractivity (Wildman–Crippen MR) is 78.2 cm³/mol. The van der Waals surface area contributed by atoms with E-state index in [1.165, 1.54) is 6.07 Å². The Labute approximate surface area is 126 Å². The smallest absolute Gasteiger partial charge is 0.417 e. The number of rotatable bonds is 5. The van der Waals surface area contributed by atoms with Crippen LogP contribution in [0.3, 0.4) is 0 Å². The number of hydrogen-bond donors (Lipinski definition) is 1. The maximum absolute atomic E-state index is 12.7. The zero-order chi connectivity index (χ0) is 16.0. The molecule has 0 bridgehead atoms. The molecule has 2 nitrogen and oxygen atoms in total. The fourth-order valence-corrected chi connectivity index (χ4v) is 1.67. The number of ether oxygens (including phenoxy) is 1. The second-order valence-corrected chi connectivity index (χ2v) is 4.58. The molecule has 0 spiro atoms. The van der Waals surface area contributed by atoms with Crippen LogP contribution in [0.4, 0.5) is 13.2 Å². The molecule has 1 rings (SSSR count). The molecule has 2 N–H and O–H groups in total. The molecule has 0 aliphatic heterocycles. The van der Waals surface area contributed by atoms with Gasteiger partial charge in [-0.15, -0.1) is 0 Å². The molecule has 0 amide bonds. The lowest BCUT2D eigenvalue weighted by molar-refractivity contribution is -0.137. The molecule has 0 atom stereocenters. The first-order valence-corrected chi connectivity index (χ1v) is 6.40. The first-order chi connectivity index (χ1) is 9.77. The summed E-state index contributed by atoms with van der Waals surface area (Å²) in [4.78, 5) is 0. The average molecular weight is 318 g/mol. The van der Waals surface area contributed by atoms with E-state index in [9.17, 15) is 13.2 Å². The van der Waals surface area contributed by atoms with E-state index in [0.29, 0.717) is 12.3 Å². The molecule has 0 unspecified atom stereocenters. The van der Waals surface area contributed by atoms with Crippen molar-refractivity contribution in [3.63, 3.8) is 0 Å². The summed E-state index contributed by atoms with van der Waals surface area (Å²) in [5.74, 6) is 0.472. The third kappa shape index (κ3) is 5.28. The van der Waals surface area contributed by atoms with Crippen LogP contribution in [-0.4, -0.2) is 6.54 Å². The summed E-state index contributed by atoms with van der Waals surface area (Å²) >= 11 is 5.53. The molecule has 6 heteroatoms. The van der Waals surface area contributed by atoms with Gasteiger partial charge in [-0.05, 0) is 36.8 Å². The van der Waals surface area contributed by atoms with Crippen molar-refractivity contribution in [1.29, 1.82) is 0 Å². The molecule has 114 valence electrons. The fraction of sp³-hybridized carbons (Fsp3) is 0.200. The number of alkyl halides is 3. The SMILES string of the molecule is C=CC(=CC=C(C)Oc1ccc(Cl)c(C(F)(F)F)c1)CN. The fourth-order valence-electron chi connectivity index (χ4n) is 1.45.